The zero-order valence-electron chi connectivity index (χ0n) is 11.3. The minimum Gasteiger partial charge on any atom is -0.386 e. The molecule has 1 heterocycles. The molecule has 0 amide bonds. The maximum absolute atomic E-state index is 10.4. The minimum atomic E-state index is -0.576. The summed E-state index contributed by atoms with van der Waals surface area (Å²) in [7, 11) is 0. The van der Waals surface area contributed by atoms with E-state index in [2.05, 4.69) is 12.0 Å². The number of hydrogen-bond acceptors (Lipinski definition) is 2. The Morgan fingerprint density at radius 1 is 1.32 bits per heavy atom. The van der Waals surface area contributed by atoms with Crippen molar-refractivity contribution in [3.63, 3.8) is 0 Å². The van der Waals surface area contributed by atoms with Gasteiger partial charge in [-0.1, -0.05) is 36.7 Å². The molecule has 0 spiro atoms. The molecule has 1 aromatic heterocycles. The molecule has 0 saturated heterocycles. The largest absolute Gasteiger partial charge is 0.386 e. The van der Waals surface area contributed by atoms with E-state index in [1.165, 1.54) is 0 Å². The Morgan fingerprint density at radius 3 is 2.68 bits per heavy atom. The number of benzene rings is 1. The van der Waals surface area contributed by atoms with Gasteiger partial charge < -0.3 is 5.11 Å². The minimum absolute atomic E-state index is 0.508. The fourth-order valence-electron chi connectivity index (χ4n) is 2.16. The number of aromatic nitrogens is 2. The maximum Gasteiger partial charge on any atom is 0.0997 e. The summed E-state index contributed by atoms with van der Waals surface area (Å²) in [5, 5.41) is 15.5. The van der Waals surface area contributed by atoms with Gasteiger partial charge in [-0.2, -0.15) is 5.10 Å². The summed E-state index contributed by atoms with van der Waals surface area (Å²) in [6.45, 7) is 4.85. The fourth-order valence-corrected chi connectivity index (χ4v) is 2.37. The average Bonchev–Trinajstić information content (AvgIpc) is 2.84. The quantitative estimate of drug-likeness (QED) is 0.910. The van der Waals surface area contributed by atoms with E-state index in [9.17, 15) is 5.11 Å². The van der Waals surface area contributed by atoms with Gasteiger partial charge in [0.25, 0.3) is 0 Å². The van der Waals surface area contributed by atoms with Gasteiger partial charge in [-0.3, -0.25) is 4.68 Å². The first-order valence-electron chi connectivity index (χ1n) is 6.63. The monoisotopic (exact) mass is 278 g/mol. The van der Waals surface area contributed by atoms with Gasteiger partial charge in [-0.15, -0.1) is 0 Å². The lowest BCUT2D eigenvalue weighted by molar-refractivity contribution is 0.167. The van der Waals surface area contributed by atoms with E-state index in [-0.39, 0.29) is 0 Å². The molecule has 0 radical (unpaired) electrons. The van der Waals surface area contributed by atoms with Crippen LogP contribution in [-0.4, -0.2) is 14.9 Å². The molecule has 1 unspecified atom stereocenters. The Bertz CT molecular complexity index is 551. The molecule has 0 fully saturated rings. The fraction of sp³-hybridized carbons (Fsp3) is 0.400. The number of halogens is 1. The first-order valence-corrected chi connectivity index (χ1v) is 7.01. The van der Waals surface area contributed by atoms with Crippen molar-refractivity contribution in [1.82, 2.24) is 9.78 Å². The van der Waals surface area contributed by atoms with Gasteiger partial charge in [0.15, 0.2) is 0 Å². The van der Waals surface area contributed by atoms with Crippen molar-refractivity contribution in [2.45, 2.75) is 39.3 Å². The zero-order chi connectivity index (χ0) is 13.8. The Labute approximate surface area is 118 Å². The molecule has 1 N–H and O–H groups in total. The number of aliphatic hydroxyl groups is 1. The number of aliphatic hydroxyl groups excluding tert-OH is 1. The number of aryl methyl sites for hydroxylation is 2. The molecule has 2 aromatic rings. The first kappa shape index (κ1) is 14.1. The van der Waals surface area contributed by atoms with Crippen LogP contribution in [0.4, 0.5) is 0 Å². The van der Waals surface area contributed by atoms with E-state index < -0.39 is 6.10 Å². The number of nitrogens with zero attached hydrogens (tertiary/aromatic N) is 2. The summed E-state index contributed by atoms with van der Waals surface area (Å²) < 4.78 is 1.86. The van der Waals surface area contributed by atoms with Crippen LogP contribution in [0, 0.1) is 0 Å². The van der Waals surface area contributed by atoms with Crippen molar-refractivity contribution in [2.24, 2.45) is 0 Å². The molecular formula is C15H19ClN2O. The standard InChI is InChI=1S/C15H19ClN2O/c1-3-12-10-14(18(4-2)17-12)15(19)9-11-7-5-6-8-13(11)16/h5-8,10,15,19H,3-4,9H2,1-2H3. The van der Waals surface area contributed by atoms with Crippen molar-refractivity contribution < 1.29 is 5.11 Å². The Kier molecular flexibility index (Phi) is 4.61. The summed E-state index contributed by atoms with van der Waals surface area (Å²) >= 11 is 6.13. The summed E-state index contributed by atoms with van der Waals surface area (Å²) in [5.74, 6) is 0. The third kappa shape index (κ3) is 3.17. The van der Waals surface area contributed by atoms with Crippen molar-refractivity contribution in [1.29, 1.82) is 0 Å². The van der Waals surface area contributed by atoms with Crippen molar-refractivity contribution in [3.05, 3.63) is 52.3 Å². The third-order valence-corrected chi connectivity index (χ3v) is 3.60. The van der Waals surface area contributed by atoms with Crippen LogP contribution in [0.3, 0.4) is 0 Å². The molecule has 0 aliphatic heterocycles. The van der Waals surface area contributed by atoms with Crippen LogP contribution >= 0.6 is 11.6 Å². The van der Waals surface area contributed by atoms with Crippen LogP contribution in [0.25, 0.3) is 0 Å². The normalized spacial score (nSPS) is 12.6. The lowest BCUT2D eigenvalue weighted by Crippen LogP contribution is -2.10. The van der Waals surface area contributed by atoms with Crippen molar-refractivity contribution in [3.8, 4) is 0 Å². The molecule has 2 rings (SSSR count). The highest BCUT2D eigenvalue weighted by atomic mass is 35.5. The maximum atomic E-state index is 10.4. The van der Waals surface area contributed by atoms with Crippen LogP contribution in [-0.2, 0) is 19.4 Å². The SMILES string of the molecule is CCc1cc(C(O)Cc2ccccc2Cl)n(CC)n1. The van der Waals surface area contributed by atoms with Gasteiger partial charge in [0, 0.05) is 18.0 Å². The molecule has 0 saturated carbocycles. The van der Waals surface area contributed by atoms with E-state index in [1.807, 2.05) is 41.9 Å². The zero-order valence-corrected chi connectivity index (χ0v) is 12.1. The van der Waals surface area contributed by atoms with Crippen LogP contribution in [0.15, 0.2) is 30.3 Å². The van der Waals surface area contributed by atoms with Gasteiger partial charge in [0.1, 0.15) is 0 Å². The average molecular weight is 279 g/mol. The molecule has 102 valence electrons. The van der Waals surface area contributed by atoms with E-state index in [0.717, 1.165) is 29.9 Å². The highest BCUT2D eigenvalue weighted by Crippen LogP contribution is 2.24. The van der Waals surface area contributed by atoms with Crippen LogP contribution < -0.4 is 0 Å². The molecule has 0 bridgehead atoms. The second kappa shape index (κ2) is 6.22. The summed E-state index contributed by atoms with van der Waals surface area (Å²) in [6.07, 6.45) is 0.806. The molecule has 4 heteroatoms. The molecule has 0 aliphatic carbocycles. The van der Waals surface area contributed by atoms with Gasteiger partial charge in [0.2, 0.25) is 0 Å². The van der Waals surface area contributed by atoms with Gasteiger partial charge >= 0.3 is 0 Å². The predicted octanol–water partition coefficient (Wildman–Crippen LogP) is 3.39. The smallest absolute Gasteiger partial charge is 0.0997 e. The number of hydrogen-bond donors (Lipinski definition) is 1. The van der Waals surface area contributed by atoms with E-state index >= 15 is 0 Å². The Morgan fingerprint density at radius 2 is 2.05 bits per heavy atom. The van der Waals surface area contributed by atoms with E-state index in [4.69, 9.17) is 11.6 Å². The van der Waals surface area contributed by atoms with Crippen molar-refractivity contribution >= 4 is 11.6 Å². The van der Waals surface area contributed by atoms with Gasteiger partial charge in [-0.05, 0) is 31.0 Å². The predicted molar refractivity (Wildman–Crippen MR) is 77.4 cm³/mol. The Balaban J connectivity index is 2.22. The molecule has 3 nitrogen and oxygen atoms in total. The molecule has 1 aromatic carbocycles. The topological polar surface area (TPSA) is 38.0 Å². The second-order valence-corrected chi connectivity index (χ2v) is 4.95. The third-order valence-electron chi connectivity index (χ3n) is 3.24. The summed E-state index contributed by atoms with van der Waals surface area (Å²) in [6, 6.07) is 9.59. The summed E-state index contributed by atoms with van der Waals surface area (Å²) in [4.78, 5) is 0. The summed E-state index contributed by atoms with van der Waals surface area (Å²) in [5.41, 5.74) is 2.83. The van der Waals surface area contributed by atoms with Crippen LogP contribution in [0.5, 0.6) is 0 Å². The van der Waals surface area contributed by atoms with Gasteiger partial charge in [0.05, 0.1) is 17.5 Å². The molecule has 19 heavy (non-hydrogen) atoms. The van der Waals surface area contributed by atoms with Crippen molar-refractivity contribution in [2.75, 3.05) is 0 Å². The highest BCUT2D eigenvalue weighted by molar-refractivity contribution is 6.31. The Hall–Kier alpha value is -1.32. The molecule has 0 aliphatic rings. The lowest BCUT2D eigenvalue weighted by atomic mass is 10.1. The van der Waals surface area contributed by atoms with E-state index in [0.29, 0.717) is 11.4 Å². The first-order chi connectivity index (χ1) is 9.15. The van der Waals surface area contributed by atoms with Gasteiger partial charge in [-0.25, -0.2) is 0 Å². The van der Waals surface area contributed by atoms with E-state index in [1.54, 1.807) is 0 Å². The number of rotatable bonds is 5. The van der Waals surface area contributed by atoms with Crippen LogP contribution in [0.1, 0.15) is 36.9 Å². The van der Waals surface area contributed by atoms with Crippen LogP contribution in [0.2, 0.25) is 5.02 Å². The lowest BCUT2D eigenvalue weighted by Gasteiger charge is -2.13. The molecule has 1 atom stereocenters. The molecular weight excluding hydrogens is 260 g/mol. The second-order valence-electron chi connectivity index (χ2n) is 4.54. The highest BCUT2D eigenvalue weighted by Gasteiger charge is 2.16.